The summed E-state index contributed by atoms with van der Waals surface area (Å²) < 4.78 is 13.6. The molecule has 0 aliphatic carbocycles. The molecule has 32 heavy (non-hydrogen) atoms. The van der Waals surface area contributed by atoms with Gasteiger partial charge in [-0.1, -0.05) is 18.2 Å². The van der Waals surface area contributed by atoms with Crippen molar-refractivity contribution in [2.75, 3.05) is 12.4 Å². The van der Waals surface area contributed by atoms with Crippen molar-refractivity contribution in [3.8, 4) is 17.7 Å². The second-order valence-corrected chi connectivity index (χ2v) is 8.96. The van der Waals surface area contributed by atoms with Crippen molar-refractivity contribution in [3.05, 3.63) is 71.4 Å². The number of fused-ring (bicyclic) bond motifs is 2. The summed E-state index contributed by atoms with van der Waals surface area (Å²) in [5, 5.41) is 16.5. The third-order valence-electron chi connectivity index (χ3n) is 5.54. The largest absolute Gasteiger partial charge is 0.491 e. The van der Waals surface area contributed by atoms with Gasteiger partial charge in [0.1, 0.15) is 18.5 Å². The van der Waals surface area contributed by atoms with Crippen LogP contribution in [0.4, 0.5) is 0 Å². The van der Waals surface area contributed by atoms with E-state index in [1.807, 2.05) is 24.3 Å². The van der Waals surface area contributed by atoms with Crippen molar-refractivity contribution in [2.45, 2.75) is 36.4 Å². The number of carbonyl (C=O) groups is 1. The van der Waals surface area contributed by atoms with Crippen molar-refractivity contribution in [1.29, 1.82) is 5.26 Å². The summed E-state index contributed by atoms with van der Waals surface area (Å²) in [6.07, 6.45) is 1.54. The lowest BCUT2D eigenvalue weighted by molar-refractivity contribution is 0.0909. The van der Waals surface area contributed by atoms with Crippen LogP contribution < -0.4 is 14.8 Å². The second kappa shape index (κ2) is 8.97. The highest BCUT2D eigenvalue weighted by atomic mass is 32.2. The summed E-state index contributed by atoms with van der Waals surface area (Å²) in [5.41, 5.74) is 1.85. The first-order valence-corrected chi connectivity index (χ1v) is 11.6. The highest BCUT2D eigenvalue weighted by molar-refractivity contribution is 7.99. The van der Waals surface area contributed by atoms with Crippen LogP contribution in [0, 0.1) is 11.3 Å². The third kappa shape index (κ3) is 4.43. The zero-order valence-corrected chi connectivity index (χ0v) is 18.2. The van der Waals surface area contributed by atoms with Crippen molar-refractivity contribution in [1.82, 2.24) is 15.1 Å². The van der Waals surface area contributed by atoms with E-state index >= 15 is 0 Å². The lowest BCUT2D eigenvalue weighted by atomic mass is 10.0. The fourth-order valence-electron chi connectivity index (χ4n) is 3.90. The maximum atomic E-state index is 12.8. The van der Waals surface area contributed by atoms with Crippen molar-refractivity contribution < 1.29 is 14.3 Å². The molecule has 0 saturated carbocycles. The first kappa shape index (κ1) is 20.5. The number of rotatable bonds is 5. The normalized spacial score (nSPS) is 19.0. The number of nitrogens with zero attached hydrogens (tertiary/aromatic N) is 3. The molecule has 2 atom stereocenters. The Labute approximate surface area is 190 Å². The van der Waals surface area contributed by atoms with Crippen LogP contribution in [-0.2, 0) is 13.0 Å². The van der Waals surface area contributed by atoms with Gasteiger partial charge in [-0.15, -0.1) is 11.8 Å². The Kier molecular flexibility index (Phi) is 5.73. The van der Waals surface area contributed by atoms with Gasteiger partial charge in [-0.3, -0.25) is 4.79 Å². The van der Waals surface area contributed by atoms with Crippen LogP contribution in [0.2, 0.25) is 0 Å². The number of nitrogens with one attached hydrogen (secondary N) is 1. The molecule has 2 aliphatic rings. The number of amides is 1. The van der Waals surface area contributed by atoms with Crippen LogP contribution >= 0.6 is 11.8 Å². The summed E-state index contributed by atoms with van der Waals surface area (Å²) in [7, 11) is 0. The number of thioether (sulfide) groups is 1. The lowest BCUT2D eigenvalue weighted by Crippen LogP contribution is -2.42. The van der Waals surface area contributed by atoms with E-state index in [0.29, 0.717) is 30.2 Å². The molecule has 0 radical (unpaired) electrons. The number of aromatic nitrogens is 2. The molecule has 2 aromatic carbocycles. The molecule has 0 bridgehead atoms. The maximum Gasteiger partial charge on any atom is 0.272 e. The second-order valence-electron chi connectivity index (χ2n) is 7.86. The SMILES string of the molecule is N#Cc1ccc2c(c1)C[C@@H](NC(=O)c1cc3n(n1)CCC(CSc1ccccc1)O3)CO2. The van der Waals surface area contributed by atoms with Crippen LogP contribution in [0.1, 0.15) is 28.0 Å². The van der Waals surface area contributed by atoms with E-state index in [9.17, 15) is 4.79 Å². The van der Waals surface area contributed by atoms with Crippen LogP contribution in [0.3, 0.4) is 0 Å². The van der Waals surface area contributed by atoms with Gasteiger partial charge in [-0.2, -0.15) is 10.4 Å². The molecule has 0 fully saturated rings. The molecule has 5 rings (SSSR count). The molecule has 3 aromatic rings. The van der Waals surface area contributed by atoms with Gasteiger partial charge in [0, 0.05) is 29.7 Å². The van der Waals surface area contributed by atoms with Gasteiger partial charge < -0.3 is 14.8 Å². The Morgan fingerprint density at radius 2 is 2.12 bits per heavy atom. The molecule has 7 nitrogen and oxygen atoms in total. The average Bonchev–Trinajstić information content (AvgIpc) is 3.26. The highest BCUT2D eigenvalue weighted by Gasteiger charge is 2.26. The first-order valence-electron chi connectivity index (χ1n) is 10.6. The van der Waals surface area contributed by atoms with Gasteiger partial charge in [-0.25, -0.2) is 4.68 Å². The number of carbonyl (C=O) groups excluding carboxylic acids is 1. The molecule has 162 valence electrons. The Morgan fingerprint density at radius 1 is 1.25 bits per heavy atom. The molecular formula is C24H22N4O3S. The average molecular weight is 447 g/mol. The van der Waals surface area contributed by atoms with E-state index in [2.05, 4.69) is 28.6 Å². The Bertz CT molecular complexity index is 1170. The summed E-state index contributed by atoms with van der Waals surface area (Å²) in [6.45, 7) is 1.10. The van der Waals surface area contributed by atoms with Crippen molar-refractivity contribution in [2.24, 2.45) is 0 Å². The summed E-state index contributed by atoms with van der Waals surface area (Å²) >= 11 is 1.77. The van der Waals surface area contributed by atoms with Crippen LogP contribution in [0.25, 0.3) is 0 Å². The fourth-order valence-corrected chi connectivity index (χ4v) is 4.86. The Hall–Kier alpha value is -3.44. The van der Waals surface area contributed by atoms with Crippen molar-refractivity contribution in [3.63, 3.8) is 0 Å². The van der Waals surface area contributed by atoms with Crippen LogP contribution in [0.5, 0.6) is 11.6 Å². The maximum absolute atomic E-state index is 12.8. The molecule has 2 aliphatic heterocycles. The van der Waals surface area contributed by atoms with E-state index in [1.165, 1.54) is 4.90 Å². The molecule has 1 unspecified atom stereocenters. The minimum atomic E-state index is -0.251. The third-order valence-corrected chi connectivity index (χ3v) is 6.68. The minimum absolute atomic E-state index is 0.0814. The first-order chi connectivity index (χ1) is 15.7. The van der Waals surface area contributed by atoms with E-state index in [1.54, 1.807) is 34.6 Å². The molecule has 0 spiro atoms. The zero-order chi connectivity index (χ0) is 21.9. The van der Waals surface area contributed by atoms with E-state index in [4.69, 9.17) is 14.7 Å². The minimum Gasteiger partial charge on any atom is -0.491 e. The zero-order valence-electron chi connectivity index (χ0n) is 17.4. The highest BCUT2D eigenvalue weighted by Crippen LogP contribution is 2.28. The van der Waals surface area contributed by atoms with Gasteiger partial charge in [0.25, 0.3) is 5.91 Å². The summed E-state index contributed by atoms with van der Waals surface area (Å²) in [5.74, 6) is 1.99. The number of nitriles is 1. The number of benzene rings is 2. The van der Waals surface area contributed by atoms with E-state index in [0.717, 1.165) is 30.0 Å². The topological polar surface area (TPSA) is 89.2 Å². The summed E-state index contributed by atoms with van der Waals surface area (Å²) in [6, 6.07) is 19.3. The number of ether oxygens (including phenoxy) is 2. The van der Waals surface area contributed by atoms with Gasteiger partial charge in [0.2, 0.25) is 5.88 Å². The van der Waals surface area contributed by atoms with Gasteiger partial charge in [0.05, 0.1) is 17.7 Å². The van der Waals surface area contributed by atoms with Gasteiger partial charge in [0.15, 0.2) is 5.69 Å². The van der Waals surface area contributed by atoms with Gasteiger partial charge >= 0.3 is 0 Å². The standard InChI is InChI=1S/C24H22N4O3S/c25-13-16-6-7-22-17(10-16)11-18(14-30-22)26-24(29)21-12-23-28(27-21)9-8-19(31-23)15-32-20-4-2-1-3-5-20/h1-7,10,12,18-19H,8-9,11,14-15H2,(H,26,29)/t18-,19?/m1/s1. The molecule has 8 heteroatoms. The quantitative estimate of drug-likeness (QED) is 0.604. The Morgan fingerprint density at radius 3 is 2.97 bits per heavy atom. The molecule has 1 N–H and O–H groups in total. The smallest absolute Gasteiger partial charge is 0.272 e. The fraction of sp³-hybridized carbons (Fsp3) is 0.292. The number of hydrogen-bond donors (Lipinski definition) is 1. The Balaban J connectivity index is 1.19. The predicted molar refractivity (Wildman–Crippen MR) is 120 cm³/mol. The molecule has 1 aromatic heterocycles. The lowest BCUT2D eigenvalue weighted by Gasteiger charge is -2.25. The predicted octanol–water partition coefficient (Wildman–Crippen LogP) is 3.43. The van der Waals surface area contributed by atoms with Gasteiger partial charge in [-0.05, 0) is 42.3 Å². The van der Waals surface area contributed by atoms with Crippen LogP contribution in [-0.4, -0.2) is 40.2 Å². The van der Waals surface area contributed by atoms with Crippen molar-refractivity contribution >= 4 is 17.7 Å². The van der Waals surface area contributed by atoms with E-state index in [-0.39, 0.29) is 18.1 Å². The van der Waals surface area contributed by atoms with Crippen LogP contribution in [0.15, 0.2) is 59.5 Å². The summed E-state index contributed by atoms with van der Waals surface area (Å²) in [4.78, 5) is 14.0. The number of aryl methyl sites for hydroxylation is 1. The molecule has 0 saturated heterocycles. The monoisotopic (exact) mass is 446 g/mol. The number of hydrogen-bond acceptors (Lipinski definition) is 6. The molecule has 3 heterocycles. The van der Waals surface area contributed by atoms with E-state index < -0.39 is 0 Å². The molecule has 1 amide bonds. The molecular weight excluding hydrogens is 424 g/mol.